The maximum atomic E-state index is 12.9. The summed E-state index contributed by atoms with van der Waals surface area (Å²) >= 11 is 1.49. The number of thiophene rings is 1. The Balaban J connectivity index is 1.61. The molecule has 0 atom stereocenters. The van der Waals surface area contributed by atoms with Crippen LogP contribution < -0.4 is 16.4 Å². The molecule has 1 N–H and O–H groups in total. The van der Waals surface area contributed by atoms with Crippen molar-refractivity contribution in [3.63, 3.8) is 0 Å². The molecule has 4 aromatic rings. The number of carbonyl (C=O) groups is 1. The molecule has 3 heterocycles. The standard InChI is InChI=1S/C21H19N5O3S/c1-14-20(21(29)26(24(14)2)15-7-4-3-5-8-15)22-18(27)13-25-19(28)11-10-16(23-25)17-9-6-12-30-17/h3-12H,13H2,1-2H3,(H,22,27). The van der Waals surface area contributed by atoms with Crippen molar-refractivity contribution in [2.75, 3.05) is 5.32 Å². The molecule has 0 aliphatic carbocycles. The first-order valence-corrected chi connectivity index (χ1v) is 10.1. The molecule has 0 bridgehead atoms. The van der Waals surface area contributed by atoms with Crippen LogP contribution in [0.3, 0.4) is 0 Å². The van der Waals surface area contributed by atoms with E-state index in [1.807, 2.05) is 47.8 Å². The normalized spacial score (nSPS) is 10.9. The number of amides is 1. The number of nitrogens with one attached hydrogen (secondary N) is 1. The third-order valence-corrected chi connectivity index (χ3v) is 5.64. The number of aromatic nitrogens is 4. The summed E-state index contributed by atoms with van der Waals surface area (Å²) in [5.41, 5.74) is 1.34. The lowest BCUT2D eigenvalue weighted by Crippen LogP contribution is -2.30. The van der Waals surface area contributed by atoms with Crippen LogP contribution in [0.25, 0.3) is 16.3 Å². The smallest absolute Gasteiger partial charge is 0.295 e. The maximum Gasteiger partial charge on any atom is 0.295 e. The van der Waals surface area contributed by atoms with Crippen LogP contribution in [0, 0.1) is 6.92 Å². The molecule has 0 aliphatic heterocycles. The van der Waals surface area contributed by atoms with Gasteiger partial charge in [-0.05, 0) is 36.6 Å². The minimum absolute atomic E-state index is 0.175. The summed E-state index contributed by atoms with van der Waals surface area (Å²) in [7, 11) is 1.75. The first-order chi connectivity index (χ1) is 14.5. The van der Waals surface area contributed by atoms with Crippen molar-refractivity contribution in [1.82, 2.24) is 19.1 Å². The van der Waals surface area contributed by atoms with E-state index in [2.05, 4.69) is 10.4 Å². The molecule has 0 saturated heterocycles. The lowest BCUT2D eigenvalue weighted by atomic mass is 10.3. The number of rotatable bonds is 5. The first-order valence-electron chi connectivity index (χ1n) is 9.21. The molecule has 0 aliphatic rings. The van der Waals surface area contributed by atoms with Crippen LogP contribution in [0.2, 0.25) is 0 Å². The molecular weight excluding hydrogens is 402 g/mol. The van der Waals surface area contributed by atoms with E-state index in [0.717, 1.165) is 9.56 Å². The zero-order valence-corrected chi connectivity index (χ0v) is 17.2. The minimum atomic E-state index is -0.501. The van der Waals surface area contributed by atoms with Crippen LogP contribution in [0.5, 0.6) is 0 Å². The topological polar surface area (TPSA) is 90.9 Å². The number of nitrogens with zero attached hydrogens (tertiary/aromatic N) is 4. The predicted molar refractivity (Wildman–Crippen MR) is 116 cm³/mol. The Morgan fingerprint density at radius 2 is 1.83 bits per heavy atom. The Morgan fingerprint density at radius 3 is 2.53 bits per heavy atom. The molecule has 9 heteroatoms. The van der Waals surface area contributed by atoms with Gasteiger partial charge >= 0.3 is 0 Å². The highest BCUT2D eigenvalue weighted by Gasteiger charge is 2.18. The molecule has 1 amide bonds. The molecule has 3 aromatic heterocycles. The molecule has 30 heavy (non-hydrogen) atoms. The molecular formula is C21H19N5O3S. The number of para-hydroxylation sites is 1. The van der Waals surface area contributed by atoms with Gasteiger partial charge in [0.2, 0.25) is 5.91 Å². The highest BCUT2D eigenvalue weighted by atomic mass is 32.1. The maximum absolute atomic E-state index is 12.9. The van der Waals surface area contributed by atoms with Crippen LogP contribution in [0.15, 0.2) is 69.6 Å². The van der Waals surface area contributed by atoms with Gasteiger partial charge in [0.1, 0.15) is 17.9 Å². The zero-order valence-electron chi connectivity index (χ0n) is 16.4. The highest BCUT2D eigenvalue weighted by Crippen LogP contribution is 2.21. The van der Waals surface area contributed by atoms with Gasteiger partial charge in [-0.3, -0.25) is 19.1 Å². The number of benzene rings is 1. The van der Waals surface area contributed by atoms with E-state index in [9.17, 15) is 14.4 Å². The van der Waals surface area contributed by atoms with Crippen LogP contribution >= 0.6 is 11.3 Å². The van der Waals surface area contributed by atoms with Gasteiger partial charge in [0.05, 0.1) is 16.3 Å². The van der Waals surface area contributed by atoms with Crippen LogP contribution in [-0.4, -0.2) is 25.1 Å². The van der Waals surface area contributed by atoms with E-state index in [0.29, 0.717) is 17.1 Å². The van der Waals surface area contributed by atoms with Gasteiger partial charge < -0.3 is 5.32 Å². The molecule has 0 fully saturated rings. The van der Waals surface area contributed by atoms with Gasteiger partial charge in [0, 0.05) is 13.1 Å². The fourth-order valence-corrected chi connectivity index (χ4v) is 3.84. The van der Waals surface area contributed by atoms with Crippen LogP contribution in [0.1, 0.15) is 5.69 Å². The first kappa shape index (κ1) is 19.6. The second kappa shape index (κ2) is 7.96. The summed E-state index contributed by atoms with van der Waals surface area (Å²) in [6.45, 7) is 1.45. The van der Waals surface area contributed by atoms with Crippen LogP contribution in [-0.2, 0) is 18.4 Å². The molecule has 0 radical (unpaired) electrons. The van der Waals surface area contributed by atoms with Gasteiger partial charge in [-0.2, -0.15) is 5.10 Å². The van der Waals surface area contributed by atoms with Crippen molar-refractivity contribution >= 4 is 22.9 Å². The van der Waals surface area contributed by atoms with Gasteiger partial charge in [0.15, 0.2) is 0 Å². The Labute approximate surface area is 175 Å². The summed E-state index contributed by atoms with van der Waals surface area (Å²) in [6, 6.07) is 15.9. The van der Waals surface area contributed by atoms with E-state index < -0.39 is 11.5 Å². The molecule has 0 saturated carbocycles. The van der Waals surface area contributed by atoms with Crippen molar-refractivity contribution in [3.8, 4) is 16.3 Å². The van der Waals surface area contributed by atoms with Crippen LogP contribution in [0.4, 0.5) is 5.69 Å². The second-order valence-corrected chi connectivity index (χ2v) is 7.62. The van der Waals surface area contributed by atoms with E-state index in [1.165, 1.54) is 22.1 Å². The summed E-state index contributed by atoms with van der Waals surface area (Å²) in [5, 5.41) is 8.84. The molecule has 0 spiro atoms. The highest BCUT2D eigenvalue weighted by molar-refractivity contribution is 7.13. The molecule has 152 valence electrons. The SMILES string of the molecule is Cc1c(NC(=O)Cn2nc(-c3cccs3)ccc2=O)c(=O)n(-c2ccccc2)n1C. The largest absolute Gasteiger partial charge is 0.318 e. The predicted octanol–water partition coefficient (Wildman–Crippen LogP) is 2.41. The number of hydrogen-bond donors (Lipinski definition) is 1. The molecule has 1 aromatic carbocycles. The minimum Gasteiger partial charge on any atom is -0.318 e. The Bertz CT molecular complexity index is 1320. The average molecular weight is 421 g/mol. The van der Waals surface area contributed by atoms with E-state index in [1.54, 1.807) is 24.7 Å². The molecule has 8 nitrogen and oxygen atoms in total. The number of carbonyl (C=O) groups excluding carboxylic acids is 1. The van der Waals surface area contributed by atoms with Gasteiger partial charge in [-0.1, -0.05) is 24.3 Å². The fraction of sp³-hybridized carbons (Fsp3) is 0.143. The van der Waals surface area contributed by atoms with E-state index in [4.69, 9.17) is 0 Å². The third kappa shape index (κ3) is 3.62. The molecule has 4 rings (SSSR count). The van der Waals surface area contributed by atoms with Crippen molar-refractivity contribution in [1.29, 1.82) is 0 Å². The van der Waals surface area contributed by atoms with Crippen molar-refractivity contribution < 1.29 is 4.79 Å². The summed E-state index contributed by atoms with van der Waals surface area (Å²) in [4.78, 5) is 38.6. The Kier molecular flexibility index (Phi) is 5.20. The van der Waals surface area contributed by atoms with E-state index in [-0.39, 0.29) is 17.8 Å². The lowest BCUT2D eigenvalue weighted by Gasteiger charge is -2.07. The second-order valence-electron chi connectivity index (χ2n) is 6.68. The Morgan fingerprint density at radius 1 is 1.07 bits per heavy atom. The fourth-order valence-electron chi connectivity index (χ4n) is 3.15. The third-order valence-electron chi connectivity index (χ3n) is 4.75. The van der Waals surface area contributed by atoms with Gasteiger partial charge in [0.25, 0.3) is 11.1 Å². The van der Waals surface area contributed by atoms with Gasteiger partial charge in [-0.25, -0.2) is 9.36 Å². The average Bonchev–Trinajstić information content (AvgIpc) is 3.34. The summed E-state index contributed by atoms with van der Waals surface area (Å²) in [6.07, 6.45) is 0. The van der Waals surface area contributed by atoms with Crippen molar-refractivity contribution in [2.45, 2.75) is 13.5 Å². The van der Waals surface area contributed by atoms with Crippen molar-refractivity contribution in [3.05, 3.63) is 86.4 Å². The van der Waals surface area contributed by atoms with Gasteiger partial charge in [-0.15, -0.1) is 11.3 Å². The molecule has 0 unspecified atom stereocenters. The number of anilines is 1. The zero-order chi connectivity index (χ0) is 21.3. The summed E-state index contributed by atoms with van der Waals surface area (Å²) in [5.74, 6) is -0.501. The lowest BCUT2D eigenvalue weighted by molar-refractivity contribution is -0.117. The monoisotopic (exact) mass is 421 g/mol. The van der Waals surface area contributed by atoms with Crippen molar-refractivity contribution in [2.24, 2.45) is 7.05 Å². The Hall–Kier alpha value is -3.72. The van der Waals surface area contributed by atoms with E-state index >= 15 is 0 Å². The summed E-state index contributed by atoms with van der Waals surface area (Å²) < 4.78 is 4.25. The quantitative estimate of drug-likeness (QED) is 0.536. The number of hydrogen-bond acceptors (Lipinski definition) is 5.